The fraction of sp³-hybridized carbons (Fsp3) is 0.750. The molecule has 3 rings (SSSR count). The molecule has 2 aliphatic rings. The fourth-order valence-corrected chi connectivity index (χ4v) is 5.20. The third-order valence-corrected chi connectivity index (χ3v) is 6.56. The molecule has 0 unspecified atom stereocenters. The molecule has 4 heteroatoms. The summed E-state index contributed by atoms with van der Waals surface area (Å²) in [5.41, 5.74) is 1.85. The van der Waals surface area contributed by atoms with Crippen LogP contribution in [0.4, 0.5) is 0 Å². The van der Waals surface area contributed by atoms with Crippen molar-refractivity contribution in [3.05, 3.63) is 21.9 Å². The van der Waals surface area contributed by atoms with Crippen molar-refractivity contribution in [1.29, 1.82) is 0 Å². The summed E-state index contributed by atoms with van der Waals surface area (Å²) in [6, 6.07) is 2.22. The molecule has 1 amide bonds. The molecule has 0 bridgehead atoms. The molecule has 1 atom stereocenters. The molecule has 24 heavy (non-hydrogen) atoms. The third kappa shape index (κ3) is 4.20. The van der Waals surface area contributed by atoms with Gasteiger partial charge in [-0.15, -0.1) is 11.3 Å². The van der Waals surface area contributed by atoms with E-state index in [0.717, 1.165) is 26.2 Å². The Kier molecular flexibility index (Phi) is 5.08. The highest BCUT2D eigenvalue weighted by Crippen LogP contribution is 2.40. The fourth-order valence-electron chi connectivity index (χ4n) is 4.25. The van der Waals surface area contributed by atoms with E-state index in [1.54, 1.807) is 0 Å². The second kappa shape index (κ2) is 6.80. The number of hydrogen-bond donors (Lipinski definition) is 0. The van der Waals surface area contributed by atoms with E-state index in [2.05, 4.69) is 48.9 Å². The minimum absolute atomic E-state index is 0.0834. The van der Waals surface area contributed by atoms with Gasteiger partial charge in [0.15, 0.2) is 0 Å². The quantitative estimate of drug-likeness (QED) is 0.813. The maximum atomic E-state index is 12.7. The van der Waals surface area contributed by atoms with E-state index in [1.165, 1.54) is 36.2 Å². The van der Waals surface area contributed by atoms with Crippen LogP contribution >= 0.6 is 11.3 Å². The summed E-state index contributed by atoms with van der Waals surface area (Å²) in [5.74, 6) is 0.356. The van der Waals surface area contributed by atoms with Crippen molar-refractivity contribution in [2.45, 2.75) is 59.9 Å². The second-order valence-electron chi connectivity index (χ2n) is 9.14. The van der Waals surface area contributed by atoms with Crippen LogP contribution in [-0.2, 0) is 11.3 Å². The highest BCUT2D eigenvalue weighted by molar-refractivity contribution is 7.10. The smallest absolute Gasteiger partial charge is 0.223 e. The lowest BCUT2D eigenvalue weighted by Crippen LogP contribution is -2.48. The zero-order chi connectivity index (χ0) is 17.4. The summed E-state index contributed by atoms with van der Waals surface area (Å²) in [6.45, 7) is 14.0. The van der Waals surface area contributed by atoms with E-state index < -0.39 is 0 Å². The van der Waals surface area contributed by atoms with E-state index in [0.29, 0.717) is 17.7 Å². The number of carbonyl (C=O) groups excluding carboxylic acids is 1. The Morgan fingerprint density at radius 1 is 1.25 bits per heavy atom. The van der Waals surface area contributed by atoms with Crippen LogP contribution in [0.25, 0.3) is 0 Å². The molecule has 134 valence electrons. The molecule has 3 nitrogen and oxygen atoms in total. The first-order chi connectivity index (χ1) is 11.3. The predicted molar refractivity (Wildman–Crippen MR) is 101 cm³/mol. The molecule has 2 aliphatic heterocycles. The average Bonchev–Trinajstić information content (AvgIpc) is 3.05. The first-order valence-corrected chi connectivity index (χ1v) is 10.2. The van der Waals surface area contributed by atoms with E-state index in [9.17, 15) is 4.79 Å². The van der Waals surface area contributed by atoms with Crippen LogP contribution in [0.2, 0.25) is 0 Å². The lowest BCUT2D eigenvalue weighted by atomic mass is 9.78. The minimum Gasteiger partial charge on any atom is -0.342 e. The van der Waals surface area contributed by atoms with Crippen molar-refractivity contribution in [2.24, 2.45) is 10.8 Å². The Hall–Kier alpha value is -0.870. The van der Waals surface area contributed by atoms with Crippen LogP contribution in [0.1, 0.15) is 56.9 Å². The normalized spacial score (nSPS) is 25.6. The molecule has 1 aromatic rings. The van der Waals surface area contributed by atoms with E-state index in [-0.39, 0.29) is 5.41 Å². The highest BCUT2D eigenvalue weighted by Gasteiger charge is 2.42. The summed E-state index contributed by atoms with van der Waals surface area (Å²) in [7, 11) is 0. The van der Waals surface area contributed by atoms with Gasteiger partial charge in [0, 0.05) is 42.9 Å². The van der Waals surface area contributed by atoms with Gasteiger partial charge in [0.1, 0.15) is 0 Å². The van der Waals surface area contributed by atoms with Gasteiger partial charge in [0.25, 0.3) is 0 Å². The summed E-state index contributed by atoms with van der Waals surface area (Å²) >= 11 is 1.88. The number of thiophene rings is 1. The Morgan fingerprint density at radius 3 is 2.71 bits per heavy atom. The first-order valence-electron chi connectivity index (χ1n) is 9.30. The van der Waals surface area contributed by atoms with Crippen LogP contribution < -0.4 is 0 Å². The summed E-state index contributed by atoms with van der Waals surface area (Å²) in [4.78, 5) is 18.9. The van der Waals surface area contributed by atoms with Gasteiger partial charge in [0.05, 0.1) is 0 Å². The predicted octanol–water partition coefficient (Wildman–Crippen LogP) is 4.31. The van der Waals surface area contributed by atoms with Crippen LogP contribution in [0.5, 0.6) is 0 Å². The number of hydrogen-bond acceptors (Lipinski definition) is 3. The number of nitrogens with zero attached hydrogens (tertiary/aromatic N) is 2. The Bertz CT molecular complexity index is 589. The zero-order valence-electron chi connectivity index (χ0n) is 15.7. The number of likely N-dealkylation sites (tertiary alicyclic amines) is 2. The van der Waals surface area contributed by atoms with Crippen LogP contribution in [0, 0.1) is 17.8 Å². The van der Waals surface area contributed by atoms with Gasteiger partial charge in [-0.2, -0.15) is 0 Å². The van der Waals surface area contributed by atoms with E-state index in [1.807, 2.05) is 11.3 Å². The van der Waals surface area contributed by atoms with E-state index >= 15 is 0 Å². The van der Waals surface area contributed by atoms with Crippen molar-refractivity contribution >= 4 is 17.2 Å². The maximum absolute atomic E-state index is 12.7. The van der Waals surface area contributed by atoms with Crippen molar-refractivity contribution < 1.29 is 4.79 Å². The van der Waals surface area contributed by atoms with Crippen LogP contribution in [-0.4, -0.2) is 41.9 Å². The van der Waals surface area contributed by atoms with Crippen molar-refractivity contribution in [1.82, 2.24) is 9.80 Å². The number of piperidine rings is 1. The minimum atomic E-state index is 0.0834. The second-order valence-corrected chi connectivity index (χ2v) is 10.1. The molecule has 2 saturated heterocycles. The van der Waals surface area contributed by atoms with Gasteiger partial charge in [-0.3, -0.25) is 9.69 Å². The Morgan fingerprint density at radius 2 is 2.04 bits per heavy atom. The van der Waals surface area contributed by atoms with Gasteiger partial charge in [0.2, 0.25) is 5.91 Å². The molecule has 3 heterocycles. The lowest BCUT2D eigenvalue weighted by molar-refractivity contribution is -0.136. The number of carbonyl (C=O) groups is 1. The zero-order valence-corrected chi connectivity index (χ0v) is 16.5. The van der Waals surface area contributed by atoms with Gasteiger partial charge in [-0.25, -0.2) is 0 Å². The molecule has 0 N–H and O–H groups in total. The summed E-state index contributed by atoms with van der Waals surface area (Å²) < 4.78 is 0. The SMILES string of the molecule is Cc1ccsc1CN1CC[C@@]2(CCCN(C(=O)CC(C)(C)C)C2)C1. The molecule has 1 aromatic heterocycles. The maximum Gasteiger partial charge on any atom is 0.223 e. The molecular formula is C20H32N2OS. The van der Waals surface area contributed by atoms with Crippen molar-refractivity contribution in [3.8, 4) is 0 Å². The molecular weight excluding hydrogens is 316 g/mol. The van der Waals surface area contributed by atoms with Gasteiger partial charge < -0.3 is 4.90 Å². The highest BCUT2D eigenvalue weighted by atomic mass is 32.1. The Labute approximate surface area is 151 Å². The summed E-state index contributed by atoms with van der Waals surface area (Å²) in [6.07, 6.45) is 4.37. The van der Waals surface area contributed by atoms with Gasteiger partial charge in [-0.1, -0.05) is 20.8 Å². The standard InChI is InChI=1S/C20H32N2OS/c1-16-6-11-24-17(16)13-21-10-8-20(14-21)7-5-9-22(15-20)18(23)12-19(2,3)4/h6,11H,5,7-10,12-15H2,1-4H3/t20-/m0/s1. The molecule has 0 radical (unpaired) electrons. The molecule has 0 aromatic carbocycles. The van der Waals surface area contributed by atoms with Crippen LogP contribution in [0.3, 0.4) is 0 Å². The molecule has 0 aliphatic carbocycles. The van der Waals surface area contributed by atoms with Gasteiger partial charge >= 0.3 is 0 Å². The first kappa shape index (κ1) is 17.9. The lowest BCUT2D eigenvalue weighted by Gasteiger charge is -2.41. The monoisotopic (exact) mass is 348 g/mol. The molecule has 1 spiro atoms. The third-order valence-electron chi connectivity index (χ3n) is 5.55. The van der Waals surface area contributed by atoms with Crippen molar-refractivity contribution in [2.75, 3.05) is 26.2 Å². The van der Waals surface area contributed by atoms with E-state index in [4.69, 9.17) is 0 Å². The van der Waals surface area contributed by atoms with Crippen LogP contribution in [0.15, 0.2) is 11.4 Å². The molecule has 2 fully saturated rings. The average molecular weight is 349 g/mol. The number of rotatable bonds is 3. The Balaban J connectivity index is 1.60. The van der Waals surface area contributed by atoms with Gasteiger partial charge in [-0.05, 0) is 55.2 Å². The summed E-state index contributed by atoms with van der Waals surface area (Å²) in [5, 5.41) is 2.20. The van der Waals surface area contributed by atoms with Crippen molar-refractivity contribution in [3.63, 3.8) is 0 Å². The topological polar surface area (TPSA) is 23.6 Å². The number of amides is 1. The largest absolute Gasteiger partial charge is 0.342 e. The molecule has 0 saturated carbocycles. The number of aryl methyl sites for hydroxylation is 1.